The van der Waals surface area contributed by atoms with Crippen LogP contribution in [0.25, 0.3) is 11.0 Å². The minimum atomic E-state index is -0.175. The zero-order valence-corrected chi connectivity index (χ0v) is 16.1. The smallest absolute Gasteiger partial charge is 0.125 e. The largest absolute Gasteiger partial charge is 0.324 e. The van der Waals surface area contributed by atoms with Gasteiger partial charge in [0.25, 0.3) is 0 Å². The van der Waals surface area contributed by atoms with Crippen molar-refractivity contribution in [3.8, 4) is 0 Å². The van der Waals surface area contributed by atoms with Gasteiger partial charge < -0.3 is 9.88 Å². The molecule has 2 aliphatic heterocycles. The molecule has 0 bridgehead atoms. The third-order valence-corrected chi connectivity index (χ3v) is 6.28. The van der Waals surface area contributed by atoms with Crippen LogP contribution < -0.4 is 5.32 Å². The number of hydrogen-bond acceptors (Lipinski definition) is 3. The van der Waals surface area contributed by atoms with E-state index >= 15 is 0 Å². The molecule has 1 N–H and O–H groups in total. The van der Waals surface area contributed by atoms with Crippen LogP contribution in [-0.4, -0.2) is 40.6 Å². The summed E-state index contributed by atoms with van der Waals surface area (Å²) in [6.45, 7) is 5.15. The van der Waals surface area contributed by atoms with Crippen molar-refractivity contribution in [1.82, 2.24) is 19.8 Å². The Morgan fingerprint density at radius 3 is 2.61 bits per heavy atom. The maximum Gasteiger partial charge on any atom is 0.125 e. The van der Waals surface area contributed by atoms with Gasteiger partial charge in [-0.25, -0.2) is 9.37 Å². The Hall–Kier alpha value is -2.24. The monoisotopic (exact) mass is 378 g/mol. The molecule has 0 spiro atoms. The second-order valence-electron chi connectivity index (χ2n) is 8.16. The second kappa shape index (κ2) is 7.64. The maximum atomic E-state index is 14.0. The lowest BCUT2D eigenvalue weighted by atomic mass is 10.0. The number of halogens is 1. The van der Waals surface area contributed by atoms with E-state index in [0.717, 1.165) is 68.8 Å². The van der Waals surface area contributed by atoms with E-state index in [2.05, 4.69) is 45.1 Å². The van der Waals surface area contributed by atoms with Gasteiger partial charge >= 0.3 is 0 Å². The number of benzene rings is 2. The summed E-state index contributed by atoms with van der Waals surface area (Å²) in [7, 11) is 0. The number of nitrogens with one attached hydrogen (secondary N) is 1. The molecule has 1 unspecified atom stereocenters. The van der Waals surface area contributed by atoms with Gasteiger partial charge in [-0.05, 0) is 49.6 Å². The van der Waals surface area contributed by atoms with Crippen molar-refractivity contribution in [2.24, 2.45) is 0 Å². The van der Waals surface area contributed by atoms with Crippen molar-refractivity contribution in [2.75, 3.05) is 26.2 Å². The molecule has 2 aromatic carbocycles. The molecule has 1 aromatic heterocycles. The number of imidazole rings is 1. The van der Waals surface area contributed by atoms with Gasteiger partial charge in [-0.2, -0.15) is 0 Å². The highest BCUT2D eigenvalue weighted by atomic mass is 19.1. The van der Waals surface area contributed by atoms with Crippen molar-refractivity contribution in [2.45, 2.75) is 37.8 Å². The molecule has 5 heteroatoms. The van der Waals surface area contributed by atoms with Gasteiger partial charge in [0.1, 0.15) is 11.6 Å². The summed E-state index contributed by atoms with van der Waals surface area (Å²) < 4.78 is 16.4. The fraction of sp³-hybridized carbons (Fsp3) is 0.435. The van der Waals surface area contributed by atoms with Crippen LogP contribution in [0.1, 0.15) is 42.6 Å². The van der Waals surface area contributed by atoms with Crippen LogP contribution in [0.5, 0.6) is 0 Å². The lowest BCUT2D eigenvalue weighted by Crippen LogP contribution is -2.34. The Morgan fingerprint density at radius 2 is 1.86 bits per heavy atom. The van der Waals surface area contributed by atoms with Crippen molar-refractivity contribution >= 4 is 11.0 Å². The van der Waals surface area contributed by atoms with E-state index in [9.17, 15) is 4.39 Å². The van der Waals surface area contributed by atoms with E-state index in [1.165, 1.54) is 11.6 Å². The zero-order valence-electron chi connectivity index (χ0n) is 16.1. The molecule has 146 valence electrons. The van der Waals surface area contributed by atoms with Crippen molar-refractivity contribution in [1.29, 1.82) is 0 Å². The number of nitrogens with zero attached hydrogens (tertiary/aromatic N) is 3. The SMILES string of the molecule is Fc1ccc2nc(C3CCNC3)n(C3CCN(Cc4ccccc4)CC3)c2c1. The molecular weight excluding hydrogens is 351 g/mol. The lowest BCUT2D eigenvalue weighted by molar-refractivity contribution is 0.179. The minimum Gasteiger partial charge on any atom is -0.324 e. The highest BCUT2D eigenvalue weighted by molar-refractivity contribution is 5.76. The molecular formula is C23H27FN4. The zero-order chi connectivity index (χ0) is 18.9. The van der Waals surface area contributed by atoms with E-state index in [4.69, 9.17) is 4.98 Å². The first-order valence-corrected chi connectivity index (χ1v) is 10.4. The van der Waals surface area contributed by atoms with Gasteiger partial charge in [0.15, 0.2) is 0 Å². The van der Waals surface area contributed by atoms with Crippen molar-refractivity contribution in [3.63, 3.8) is 0 Å². The summed E-state index contributed by atoms with van der Waals surface area (Å²) in [5.41, 5.74) is 3.26. The van der Waals surface area contributed by atoms with Gasteiger partial charge in [0.05, 0.1) is 11.0 Å². The molecule has 3 aromatic rings. The molecule has 4 nitrogen and oxygen atoms in total. The first-order valence-electron chi connectivity index (χ1n) is 10.4. The van der Waals surface area contributed by atoms with Crippen LogP contribution in [0.3, 0.4) is 0 Å². The third kappa shape index (κ3) is 3.45. The summed E-state index contributed by atoms with van der Waals surface area (Å²) in [4.78, 5) is 7.47. The predicted octanol–water partition coefficient (Wildman–Crippen LogP) is 4.09. The van der Waals surface area contributed by atoms with E-state index in [0.29, 0.717) is 12.0 Å². The number of aromatic nitrogens is 2. The molecule has 5 rings (SSSR count). The Morgan fingerprint density at radius 1 is 1.04 bits per heavy atom. The highest BCUT2D eigenvalue weighted by Crippen LogP contribution is 2.34. The van der Waals surface area contributed by atoms with Crippen molar-refractivity contribution < 1.29 is 4.39 Å². The van der Waals surface area contributed by atoms with Gasteiger partial charge in [0.2, 0.25) is 0 Å². The Bertz CT molecular complexity index is 938. The maximum absolute atomic E-state index is 14.0. The molecule has 0 amide bonds. The average Bonchev–Trinajstić information content (AvgIpc) is 3.37. The van der Waals surface area contributed by atoms with E-state index in [1.54, 1.807) is 6.07 Å². The van der Waals surface area contributed by atoms with Crippen LogP contribution in [-0.2, 0) is 6.54 Å². The summed E-state index contributed by atoms with van der Waals surface area (Å²) in [6.07, 6.45) is 3.28. The Kier molecular flexibility index (Phi) is 4.87. The molecule has 0 saturated carbocycles. The Balaban J connectivity index is 1.40. The first kappa shape index (κ1) is 17.8. The second-order valence-corrected chi connectivity index (χ2v) is 8.16. The first-order chi connectivity index (χ1) is 13.8. The topological polar surface area (TPSA) is 33.1 Å². The number of likely N-dealkylation sites (tertiary alicyclic amines) is 1. The molecule has 28 heavy (non-hydrogen) atoms. The molecule has 2 aliphatic rings. The van der Waals surface area contributed by atoms with Gasteiger partial charge in [-0.15, -0.1) is 0 Å². The van der Waals surface area contributed by atoms with Crippen LogP contribution in [0.2, 0.25) is 0 Å². The fourth-order valence-electron chi connectivity index (χ4n) is 4.81. The summed E-state index contributed by atoms with van der Waals surface area (Å²) in [5.74, 6) is 1.40. The summed E-state index contributed by atoms with van der Waals surface area (Å²) in [6, 6.07) is 16.1. The average molecular weight is 378 g/mol. The molecule has 0 radical (unpaired) electrons. The summed E-state index contributed by atoms with van der Waals surface area (Å²) >= 11 is 0. The number of piperidine rings is 1. The number of fused-ring (bicyclic) bond motifs is 1. The molecule has 0 aliphatic carbocycles. The highest BCUT2D eigenvalue weighted by Gasteiger charge is 2.29. The third-order valence-electron chi connectivity index (χ3n) is 6.28. The van der Waals surface area contributed by atoms with E-state index in [1.807, 2.05) is 6.07 Å². The lowest BCUT2D eigenvalue weighted by Gasteiger charge is -2.34. The predicted molar refractivity (Wildman–Crippen MR) is 110 cm³/mol. The van der Waals surface area contributed by atoms with Crippen LogP contribution >= 0.6 is 0 Å². The van der Waals surface area contributed by atoms with Crippen LogP contribution in [0.15, 0.2) is 48.5 Å². The molecule has 2 saturated heterocycles. The molecule has 1 atom stereocenters. The minimum absolute atomic E-state index is 0.175. The van der Waals surface area contributed by atoms with Gasteiger partial charge in [-0.3, -0.25) is 4.90 Å². The standard InChI is InChI=1S/C23H27FN4/c24-19-6-7-21-22(14-19)28(23(26-21)18-8-11-25-15-18)20-9-12-27(13-10-20)16-17-4-2-1-3-5-17/h1-7,14,18,20,25H,8-13,15-16H2. The summed E-state index contributed by atoms with van der Waals surface area (Å²) in [5, 5.41) is 3.46. The Labute approximate surface area is 165 Å². The van der Waals surface area contributed by atoms with Crippen molar-refractivity contribution in [3.05, 3.63) is 65.7 Å². The molecule has 2 fully saturated rings. The quantitative estimate of drug-likeness (QED) is 0.742. The van der Waals surface area contributed by atoms with Crippen LogP contribution in [0, 0.1) is 5.82 Å². The van der Waals surface area contributed by atoms with Gasteiger partial charge in [-0.1, -0.05) is 30.3 Å². The van der Waals surface area contributed by atoms with Gasteiger partial charge in [0, 0.05) is 38.1 Å². The van der Waals surface area contributed by atoms with E-state index < -0.39 is 0 Å². The van der Waals surface area contributed by atoms with Crippen LogP contribution in [0.4, 0.5) is 4.39 Å². The normalized spacial score (nSPS) is 21.5. The van der Waals surface area contributed by atoms with E-state index in [-0.39, 0.29) is 5.82 Å². The number of rotatable bonds is 4. The fourth-order valence-corrected chi connectivity index (χ4v) is 4.81. The number of hydrogen-bond donors (Lipinski definition) is 1. The molecule has 3 heterocycles.